The molecule has 0 spiro atoms. The fourth-order valence-corrected chi connectivity index (χ4v) is 1.92. The number of nitro groups is 1. The van der Waals surface area contributed by atoms with Gasteiger partial charge in [0.25, 0.3) is 11.6 Å². The van der Waals surface area contributed by atoms with Crippen molar-refractivity contribution in [3.8, 4) is 0 Å². The van der Waals surface area contributed by atoms with Gasteiger partial charge in [0.1, 0.15) is 0 Å². The van der Waals surface area contributed by atoms with Gasteiger partial charge in [0.05, 0.1) is 10.5 Å². The second-order valence-electron chi connectivity index (χ2n) is 4.01. The molecule has 1 aromatic heterocycles. The van der Waals surface area contributed by atoms with Crippen molar-refractivity contribution in [3.05, 3.63) is 56.3 Å². The minimum atomic E-state index is -0.519. The normalized spacial score (nSPS) is 10.2. The van der Waals surface area contributed by atoms with Crippen LogP contribution in [0.4, 0.5) is 11.4 Å². The van der Waals surface area contributed by atoms with Gasteiger partial charge in [0.15, 0.2) is 10.3 Å². The van der Waals surface area contributed by atoms with Gasteiger partial charge in [-0.15, -0.1) is 10.2 Å². The lowest BCUT2D eigenvalue weighted by atomic mass is 10.2. The minimum absolute atomic E-state index is 0.0415. The molecular weight excluding hydrogens is 319 g/mol. The molecule has 0 fully saturated rings. The number of rotatable bonds is 3. The summed E-state index contributed by atoms with van der Waals surface area (Å²) in [6, 6.07) is 6.83. The second kappa shape index (κ2) is 6.02. The van der Waals surface area contributed by atoms with E-state index in [-0.39, 0.29) is 21.6 Å². The number of hydrogen-bond donors (Lipinski definition) is 0. The highest BCUT2D eigenvalue weighted by molar-refractivity contribution is 6.34. The molecule has 0 saturated heterocycles. The SMILES string of the molecule is CN(C(=O)c1cc(Cl)nnc1Cl)c1ccc([N+](=O)[O-])cc1. The van der Waals surface area contributed by atoms with Crippen LogP contribution in [0.2, 0.25) is 10.3 Å². The smallest absolute Gasteiger partial charge is 0.269 e. The van der Waals surface area contributed by atoms with E-state index in [0.717, 1.165) is 0 Å². The van der Waals surface area contributed by atoms with Crippen LogP contribution in [0.3, 0.4) is 0 Å². The van der Waals surface area contributed by atoms with Crippen molar-refractivity contribution in [1.29, 1.82) is 0 Å². The predicted molar refractivity (Wildman–Crippen MR) is 77.9 cm³/mol. The summed E-state index contributed by atoms with van der Waals surface area (Å²) in [5, 5.41) is 17.7. The van der Waals surface area contributed by atoms with Crippen molar-refractivity contribution >= 4 is 40.5 Å². The molecule has 0 aliphatic heterocycles. The molecule has 21 heavy (non-hydrogen) atoms. The molecule has 0 bridgehead atoms. The van der Waals surface area contributed by atoms with Gasteiger partial charge in [-0.2, -0.15) is 0 Å². The van der Waals surface area contributed by atoms with E-state index >= 15 is 0 Å². The molecule has 0 unspecified atom stereocenters. The number of carbonyl (C=O) groups excluding carboxylic acids is 1. The molecule has 9 heteroatoms. The van der Waals surface area contributed by atoms with E-state index in [1.165, 1.54) is 42.3 Å². The quantitative estimate of drug-likeness (QED) is 0.639. The Labute approximate surface area is 129 Å². The van der Waals surface area contributed by atoms with Crippen LogP contribution in [0.1, 0.15) is 10.4 Å². The molecule has 7 nitrogen and oxygen atoms in total. The number of benzene rings is 1. The molecule has 1 heterocycles. The van der Waals surface area contributed by atoms with Crippen LogP contribution in [0, 0.1) is 10.1 Å². The van der Waals surface area contributed by atoms with E-state index < -0.39 is 10.8 Å². The van der Waals surface area contributed by atoms with Crippen LogP contribution >= 0.6 is 23.2 Å². The van der Waals surface area contributed by atoms with Gasteiger partial charge in [0, 0.05) is 24.9 Å². The van der Waals surface area contributed by atoms with Gasteiger partial charge < -0.3 is 4.90 Å². The minimum Gasteiger partial charge on any atom is -0.311 e. The molecule has 0 N–H and O–H groups in total. The molecule has 108 valence electrons. The Kier molecular flexibility index (Phi) is 4.35. The van der Waals surface area contributed by atoms with Gasteiger partial charge in [-0.25, -0.2) is 0 Å². The number of nitro benzene ring substituents is 1. The fraction of sp³-hybridized carbons (Fsp3) is 0.0833. The summed E-state index contributed by atoms with van der Waals surface area (Å²) in [5.41, 5.74) is 0.498. The zero-order chi connectivity index (χ0) is 15.6. The van der Waals surface area contributed by atoms with E-state index in [1.54, 1.807) is 0 Å². The number of hydrogen-bond acceptors (Lipinski definition) is 5. The fourth-order valence-electron chi connectivity index (χ4n) is 1.60. The zero-order valence-electron chi connectivity index (χ0n) is 10.7. The molecule has 0 saturated carbocycles. The second-order valence-corrected chi connectivity index (χ2v) is 4.75. The third kappa shape index (κ3) is 3.26. The zero-order valence-corrected chi connectivity index (χ0v) is 12.2. The summed E-state index contributed by atoms with van der Waals surface area (Å²) in [5.74, 6) is -0.453. The molecule has 1 aromatic carbocycles. The van der Waals surface area contributed by atoms with Crippen LogP contribution in [-0.2, 0) is 0 Å². The maximum atomic E-state index is 12.3. The van der Waals surface area contributed by atoms with E-state index in [1.807, 2.05) is 0 Å². The number of amides is 1. The van der Waals surface area contributed by atoms with E-state index in [0.29, 0.717) is 5.69 Å². The first-order valence-corrected chi connectivity index (χ1v) is 6.37. The van der Waals surface area contributed by atoms with Gasteiger partial charge in [-0.05, 0) is 18.2 Å². The topological polar surface area (TPSA) is 89.2 Å². The summed E-state index contributed by atoms with van der Waals surface area (Å²) in [6.45, 7) is 0. The lowest BCUT2D eigenvalue weighted by molar-refractivity contribution is -0.384. The molecule has 0 aliphatic rings. The van der Waals surface area contributed by atoms with E-state index in [9.17, 15) is 14.9 Å². The first kappa shape index (κ1) is 15.1. The van der Waals surface area contributed by atoms with Crippen LogP contribution < -0.4 is 4.90 Å². The summed E-state index contributed by atoms with van der Waals surface area (Å²) >= 11 is 11.5. The summed E-state index contributed by atoms with van der Waals surface area (Å²) in [6.07, 6.45) is 0. The number of aromatic nitrogens is 2. The Morgan fingerprint density at radius 2 is 1.86 bits per heavy atom. The predicted octanol–water partition coefficient (Wildman–Crippen LogP) is 2.97. The van der Waals surface area contributed by atoms with Crippen molar-refractivity contribution < 1.29 is 9.72 Å². The summed E-state index contributed by atoms with van der Waals surface area (Å²) < 4.78 is 0. The van der Waals surface area contributed by atoms with Gasteiger partial charge in [-0.1, -0.05) is 23.2 Å². The summed E-state index contributed by atoms with van der Waals surface area (Å²) in [4.78, 5) is 23.7. The monoisotopic (exact) mass is 326 g/mol. The largest absolute Gasteiger partial charge is 0.311 e. The maximum Gasteiger partial charge on any atom is 0.269 e. The lowest BCUT2D eigenvalue weighted by Crippen LogP contribution is -2.26. The van der Waals surface area contributed by atoms with Gasteiger partial charge >= 0.3 is 0 Å². The standard InChI is InChI=1S/C12H8Cl2N4O3/c1-17(7-2-4-8(5-3-7)18(20)21)12(19)9-6-10(13)15-16-11(9)14/h2-6H,1H3. The highest BCUT2D eigenvalue weighted by Gasteiger charge is 2.19. The van der Waals surface area contributed by atoms with E-state index in [2.05, 4.69) is 10.2 Å². The maximum absolute atomic E-state index is 12.3. The number of halogens is 2. The Hall–Kier alpha value is -2.25. The average molecular weight is 327 g/mol. The third-order valence-corrected chi connectivity index (χ3v) is 3.17. The molecular formula is C12H8Cl2N4O3. The number of non-ortho nitro benzene ring substituents is 1. The highest BCUT2D eigenvalue weighted by Crippen LogP contribution is 2.22. The van der Waals surface area contributed by atoms with Crippen molar-refractivity contribution in [2.75, 3.05) is 11.9 Å². The molecule has 2 aromatic rings. The number of anilines is 1. The van der Waals surface area contributed by atoms with Gasteiger partial charge in [0.2, 0.25) is 0 Å². The van der Waals surface area contributed by atoms with Crippen LogP contribution in [0.5, 0.6) is 0 Å². The molecule has 0 aliphatic carbocycles. The molecule has 1 amide bonds. The Morgan fingerprint density at radius 1 is 1.24 bits per heavy atom. The van der Waals surface area contributed by atoms with Crippen molar-refractivity contribution in [2.45, 2.75) is 0 Å². The van der Waals surface area contributed by atoms with Crippen LogP contribution in [-0.4, -0.2) is 28.1 Å². The van der Waals surface area contributed by atoms with Crippen molar-refractivity contribution in [3.63, 3.8) is 0 Å². The lowest BCUT2D eigenvalue weighted by Gasteiger charge is -2.17. The van der Waals surface area contributed by atoms with Crippen molar-refractivity contribution in [1.82, 2.24) is 10.2 Å². The molecule has 0 radical (unpaired) electrons. The highest BCUT2D eigenvalue weighted by atomic mass is 35.5. The van der Waals surface area contributed by atoms with Crippen LogP contribution in [0.15, 0.2) is 30.3 Å². The average Bonchev–Trinajstić information content (AvgIpc) is 2.48. The molecule has 0 atom stereocenters. The first-order valence-electron chi connectivity index (χ1n) is 5.61. The van der Waals surface area contributed by atoms with Crippen molar-refractivity contribution in [2.24, 2.45) is 0 Å². The Balaban J connectivity index is 2.30. The van der Waals surface area contributed by atoms with Crippen LogP contribution in [0.25, 0.3) is 0 Å². The number of carbonyl (C=O) groups is 1. The third-order valence-electron chi connectivity index (χ3n) is 2.70. The van der Waals surface area contributed by atoms with E-state index in [4.69, 9.17) is 23.2 Å². The van der Waals surface area contributed by atoms with Gasteiger partial charge in [-0.3, -0.25) is 14.9 Å². The summed E-state index contributed by atoms with van der Waals surface area (Å²) in [7, 11) is 1.51. The first-order chi connectivity index (χ1) is 9.90. The Morgan fingerprint density at radius 3 is 2.43 bits per heavy atom. The Bertz CT molecular complexity index is 706. The number of nitrogens with zero attached hydrogens (tertiary/aromatic N) is 4. The molecule has 2 rings (SSSR count).